The molecule has 5 heteroatoms. The van der Waals surface area contributed by atoms with E-state index < -0.39 is 5.91 Å². The SMILES string of the molecule is COc1cccc(NCc2cc(C(N)=O)ccc2F)c1. The van der Waals surface area contributed by atoms with Gasteiger partial charge in [-0.3, -0.25) is 4.79 Å². The topological polar surface area (TPSA) is 64.3 Å². The summed E-state index contributed by atoms with van der Waals surface area (Å²) in [5.41, 5.74) is 6.64. The summed E-state index contributed by atoms with van der Waals surface area (Å²) in [5.74, 6) is -0.251. The molecule has 0 spiro atoms. The zero-order valence-corrected chi connectivity index (χ0v) is 11.0. The van der Waals surface area contributed by atoms with Crippen LogP contribution in [0.4, 0.5) is 10.1 Å². The molecule has 0 bridgehead atoms. The van der Waals surface area contributed by atoms with Gasteiger partial charge in [-0.15, -0.1) is 0 Å². The summed E-state index contributed by atoms with van der Waals surface area (Å²) in [6.45, 7) is 0.250. The van der Waals surface area contributed by atoms with Gasteiger partial charge in [0.05, 0.1) is 7.11 Å². The van der Waals surface area contributed by atoms with Crippen LogP contribution >= 0.6 is 0 Å². The minimum atomic E-state index is -0.576. The van der Waals surface area contributed by atoms with Gasteiger partial charge in [-0.1, -0.05) is 6.07 Å². The lowest BCUT2D eigenvalue weighted by Gasteiger charge is -2.09. The number of anilines is 1. The van der Waals surface area contributed by atoms with E-state index in [4.69, 9.17) is 10.5 Å². The summed E-state index contributed by atoms with van der Waals surface area (Å²) in [5, 5.41) is 3.07. The van der Waals surface area contributed by atoms with Gasteiger partial charge in [-0.2, -0.15) is 0 Å². The van der Waals surface area contributed by atoms with E-state index in [2.05, 4.69) is 5.32 Å². The molecule has 0 unspecified atom stereocenters. The van der Waals surface area contributed by atoms with Crippen molar-refractivity contribution in [3.05, 3.63) is 59.4 Å². The van der Waals surface area contributed by atoms with Crippen LogP contribution in [0.15, 0.2) is 42.5 Å². The van der Waals surface area contributed by atoms with Crippen LogP contribution in [0.5, 0.6) is 5.75 Å². The van der Waals surface area contributed by atoms with Gasteiger partial charge in [0.25, 0.3) is 0 Å². The second-order valence-corrected chi connectivity index (χ2v) is 4.26. The van der Waals surface area contributed by atoms with Crippen LogP contribution in [0.3, 0.4) is 0 Å². The molecule has 0 aliphatic heterocycles. The van der Waals surface area contributed by atoms with Crippen molar-refractivity contribution in [2.75, 3.05) is 12.4 Å². The lowest BCUT2D eigenvalue weighted by molar-refractivity contribution is 0.1000. The van der Waals surface area contributed by atoms with Crippen molar-refractivity contribution in [2.45, 2.75) is 6.54 Å². The molecule has 104 valence electrons. The Morgan fingerprint density at radius 3 is 2.80 bits per heavy atom. The summed E-state index contributed by atoms with van der Waals surface area (Å²) in [7, 11) is 1.58. The van der Waals surface area contributed by atoms with Crippen molar-refractivity contribution >= 4 is 11.6 Å². The van der Waals surface area contributed by atoms with Crippen LogP contribution < -0.4 is 15.8 Å². The first-order valence-electron chi connectivity index (χ1n) is 6.06. The highest BCUT2D eigenvalue weighted by Gasteiger charge is 2.07. The van der Waals surface area contributed by atoms with E-state index in [1.807, 2.05) is 18.2 Å². The van der Waals surface area contributed by atoms with E-state index in [-0.39, 0.29) is 17.9 Å². The van der Waals surface area contributed by atoms with Gasteiger partial charge in [-0.25, -0.2) is 4.39 Å². The molecule has 1 amide bonds. The van der Waals surface area contributed by atoms with Gasteiger partial charge in [0.2, 0.25) is 5.91 Å². The van der Waals surface area contributed by atoms with E-state index in [9.17, 15) is 9.18 Å². The third kappa shape index (κ3) is 3.26. The number of benzene rings is 2. The van der Waals surface area contributed by atoms with Crippen molar-refractivity contribution in [1.29, 1.82) is 0 Å². The molecule has 3 N–H and O–H groups in total. The molecule has 4 nitrogen and oxygen atoms in total. The molecule has 0 aliphatic carbocycles. The fourth-order valence-electron chi connectivity index (χ4n) is 1.79. The first-order valence-corrected chi connectivity index (χ1v) is 6.06. The molecule has 0 aromatic heterocycles. The predicted octanol–water partition coefficient (Wildman–Crippen LogP) is 2.55. The molecule has 2 aromatic carbocycles. The summed E-state index contributed by atoms with van der Waals surface area (Å²) in [6, 6.07) is 11.4. The van der Waals surface area contributed by atoms with Crippen LogP contribution in [-0.2, 0) is 6.54 Å². The maximum atomic E-state index is 13.7. The number of hydrogen-bond acceptors (Lipinski definition) is 3. The Labute approximate surface area is 116 Å². The maximum absolute atomic E-state index is 13.7. The number of methoxy groups -OCH3 is 1. The monoisotopic (exact) mass is 274 g/mol. The summed E-state index contributed by atoms with van der Waals surface area (Å²) >= 11 is 0. The standard InChI is InChI=1S/C15H15FN2O2/c1-20-13-4-2-3-12(8-13)18-9-11-7-10(15(17)19)5-6-14(11)16/h2-8,18H,9H2,1H3,(H2,17,19). The number of amides is 1. The molecule has 0 fully saturated rings. The van der Waals surface area contributed by atoms with Crippen LogP contribution in [0.1, 0.15) is 15.9 Å². The smallest absolute Gasteiger partial charge is 0.248 e. The minimum absolute atomic E-state index is 0.250. The predicted molar refractivity (Wildman–Crippen MR) is 75.2 cm³/mol. The highest BCUT2D eigenvalue weighted by Crippen LogP contribution is 2.18. The molecular formula is C15H15FN2O2. The average molecular weight is 274 g/mol. The normalized spacial score (nSPS) is 10.1. The van der Waals surface area contributed by atoms with Crippen molar-refractivity contribution < 1.29 is 13.9 Å². The highest BCUT2D eigenvalue weighted by atomic mass is 19.1. The first-order chi connectivity index (χ1) is 9.60. The molecule has 0 aliphatic rings. The van der Waals surface area contributed by atoms with Gasteiger partial charge in [0, 0.05) is 29.4 Å². The summed E-state index contributed by atoms with van der Waals surface area (Å²) in [4.78, 5) is 11.1. The lowest BCUT2D eigenvalue weighted by Crippen LogP contribution is -2.12. The average Bonchev–Trinajstić information content (AvgIpc) is 2.46. The summed E-state index contributed by atoms with van der Waals surface area (Å²) < 4.78 is 18.8. The Kier molecular flexibility index (Phi) is 4.20. The quantitative estimate of drug-likeness (QED) is 0.880. The van der Waals surface area contributed by atoms with Crippen LogP contribution in [0.2, 0.25) is 0 Å². The van der Waals surface area contributed by atoms with Crippen LogP contribution in [0, 0.1) is 5.82 Å². The maximum Gasteiger partial charge on any atom is 0.248 e. The fourth-order valence-corrected chi connectivity index (χ4v) is 1.79. The van der Waals surface area contributed by atoms with E-state index in [1.165, 1.54) is 18.2 Å². The Morgan fingerprint density at radius 1 is 1.30 bits per heavy atom. The Bertz CT molecular complexity index is 629. The molecule has 2 rings (SSSR count). The van der Waals surface area contributed by atoms with Crippen molar-refractivity contribution in [1.82, 2.24) is 0 Å². The van der Waals surface area contributed by atoms with Gasteiger partial charge < -0.3 is 15.8 Å². The van der Waals surface area contributed by atoms with Crippen molar-refractivity contribution in [3.63, 3.8) is 0 Å². The van der Waals surface area contributed by atoms with E-state index >= 15 is 0 Å². The van der Waals surface area contributed by atoms with E-state index in [1.54, 1.807) is 13.2 Å². The molecule has 0 saturated carbocycles. The number of hydrogen-bond donors (Lipinski definition) is 2. The number of halogens is 1. The van der Waals surface area contributed by atoms with Gasteiger partial charge >= 0.3 is 0 Å². The van der Waals surface area contributed by atoms with Gasteiger partial charge in [0.15, 0.2) is 0 Å². The molecule has 2 aromatic rings. The largest absolute Gasteiger partial charge is 0.497 e. The number of ether oxygens (including phenoxy) is 1. The molecule has 0 atom stereocenters. The van der Waals surface area contributed by atoms with E-state index in [0.29, 0.717) is 11.3 Å². The van der Waals surface area contributed by atoms with Crippen LogP contribution in [-0.4, -0.2) is 13.0 Å². The number of nitrogens with one attached hydrogen (secondary N) is 1. The Hall–Kier alpha value is -2.56. The molecular weight excluding hydrogens is 259 g/mol. The second-order valence-electron chi connectivity index (χ2n) is 4.26. The first kappa shape index (κ1) is 13.9. The number of nitrogens with two attached hydrogens (primary N) is 1. The van der Waals surface area contributed by atoms with Gasteiger partial charge in [-0.05, 0) is 30.3 Å². The highest BCUT2D eigenvalue weighted by molar-refractivity contribution is 5.92. The minimum Gasteiger partial charge on any atom is -0.497 e. The number of carbonyl (C=O) groups is 1. The van der Waals surface area contributed by atoms with E-state index in [0.717, 1.165) is 5.69 Å². The van der Waals surface area contributed by atoms with Crippen molar-refractivity contribution in [2.24, 2.45) is 5.73 Å². The number of carbonyl (C=O) groups excluding carboxylic acids is 1. The fraction of sp³-hybridized carbons (Fsp3) is 0.133. The Morgan fingerprint density at radius 2 is 2.10 bits per heavy atom. The lowest BCUT2D eigenvalue weighted by atomic mass is 10.1. The number of primary amides is 1. The molecule has 0 saturated heterocycles. The number of rotatable bonds is 5. The second kappa shape index (κ2) is 6.06. The third-order valence-corrected chi connectivity index (χ3v) is 2.88. The Balaban J connectivity index is 2.13. The zero-order valence-electron chi connectivity index (χ0n) is 11.0. The zero-order chi connectivity index (χ0) is 14.5. The van der Waals surface area contributed by atoms with Crippen molar-refractivity contribution in [3.8, 4) is 5.75 Å². The molecule has 0 radical (unpaired) electrons. The molecule has 20 heavy (non-hydrogen) atoms. The molecule has 0 heterocycles. The summed E-state index contributed by atoms with van der Waals surface area (Å²) in [6.07, 6.45) is 0. The third-order valence-electron chi connectivity index (χ3n) is 2.88. The van der Waals surface area contributed by atoms with Crippen LogP contribution in [0.25, 0.3) is 0 Å². The van der Waals surface area contributed by atoms with Gasteiger partial charge in [0.1, 0.15) is 11.6 Å².